The van der Waals surface area contributed by atoms with Crippen molar-refractivity contribution in [2.75, 3.05) is 6.61 Å². The molecular weight excluding hydrogens is 384 g/mol. The number of aliphatic hydroxyl groups is 1. The summed E-state index contributed by atoms with van der Waals surface area (Å²) in [6.07, 6.45) is 7.01. The molecule has 0 amide bonds. The lowest BCUT2D eigenvalue weighted by Gasteiger charge is -2.49. The van der Waals surface area contributed by atoms with E-state index in [0.717, 1.165) is 37.0 Å². The Morgan fingerprint density at radius 3 is 2.77 bits per heavy atom. The van der Waals surface area contributed by atoms with Gasteiger partial charge in [-0.3, -0.25) is 0 Å². The summed E-state index contributed by atoms with van der Waals surface area (Å²) >= 11 is 0. The van der Waals surface area contributed by atoms with Crippen molar-refractivity contribution in [1.82, 2.24) is 0 Å². The van der Waals surface area contributed by atoms with Crippen molar-refractivity contribution in [2.45, 2.75) is 64.6 Å². The van der Waals surface area contributed by atoms with E-state index >= 15 is 0 Å². The predicted molar refractivity (Wildman–Crippen MR) is 123 cm³/mol. The first-order chi connectivity index (χ1) is 15.1. The molecule has 5 atom stereocenters. The molecule has 0 unspecified atom stereocenters. The average Bonchev–Trinajstić information content (AvgIpc) is 3.07. The second-order valence-electron chi connectivity index (χ2n) is 9.85. The highest BCUT2D eigenvalue weighted by atomic mass is 16.5. The Hall–Kier alpha value is -2.26. The number of hydrogen-bond acceptors (Lipinski definition) is 3. The van der Waals surface area contributed by atoms with E-state index in [9.17, 15) is 5.11 Å². The van der Waals surface area contributed by atoms with Crippen LogP contribution in [0, 0.1) is 17.3 Å². The summed E-state index contributed by atoms with van der Waals surface area (Å²) in [5.41, 5.74) is 5.26. The lowest BCUT2D eigenvalue weighted by molar-refractivity contribution is -0.0164. The number of hydrogen-bond donors (Lipinski definition) is 1. The van der Waals surface area contributed by atoms with E-state index in [-0.39, 0.29) is 11.5 Å². The van der Waals surface area contributed by atoms with Crippen molar-refractivity contribution in [3.05, 3.63) is 77.1 Å². The van der Waals surface area contributed by atoms with E-state index in [1.165, 1.54) is 23.1 Å². The van der Waals surface area contributed by atoms with Gasteiger partial charge >= 0.3 is 0 Å². The van der Waals surface area contributed by atoms with Crippen molar-refractivity contribution >= 4 is 0 Å². The van der Waals surface area contributed by atoms with Gasteiger partial charge in [0.05, 0.1) is 19.0 Å². The maximum absolute atomic E-state index is 11.1. The third-order valence-electron chi connectivity index (χ3n) is 8.22. The fourth-order valence-corrected chi connectivity index (χ4v) is 6.55. The van der Waals surface area contributed by atoms with Crippen molar-refractivity contribution in [1.29, 1.82) is 0 Å². The molecule has 0 aromatic heterocycles. The van der Waals surface area contributed by atoms with Gasteiger partial charge in [-0.25, -0.2) is 0 Å². The van der Waals surface area contributed by atoms with E-state index in [1.807, 2.05) is 19.3 Å². The van der Waals surface area contributed by atoms with Crippen LogP contribution >= 0.6 is 0 Å². The molecule has 0 aliphatic heterocycles. The van der Waals surface area contributed by atoms with Gasteiger partial charge in [-0.05, 0) is 91.2 Å². The number of rotatable bonds is 5. The van der Waals surface area contributed by atoms with Gasteiger partial charge < -0.3 is 14.6 Å². The van der Waals surface area contributed by atoms with Crippen LogP contribution in [0.15, 0.2) is 60.4 Å². The average molecular weight is 419 g/mol. The third kappa shape index (κ3) is 3.67. The summed E-state index contributed by atoms with van der Waals surface area (Å²) in [6.45, 7) is 5.57. The molecule has 0 saturated heterocycles. The van der Waals surface area contributed by atoms with E-state index in [4.69, 9.17) is 9.47 Å². The van der Waals surface area contributed by atoms with E-state index in [1.54, 1.807) is 0 Å². The number of ether oxygens (including phenoxy) is 2. The first kappa shape index (κ1) is 20.6. The predicted octanol–water partition coefficient (Wildman–Crippen LogP) is 6.01. The zero-order valence-corrected chi connectivity index (χ0v) is 18.7. The highest BCUT2D eigenvalue weighted by Gasteiger charge is 2.56. The molecule has 0 bridgehead atoms. The Bertz CT molecular complexity index is 950. The van der Waals surface area contributed by atoms with Crippen molar-refractivity contribution in [2.24, 2.45) is 17.3 Å². The minimum Gasteiger partial charge on any atom is -0.501 e. The van der Waals surface area contributed by atoms with Crippen LogP contribution in [-0.4, -0.2) is 17.8 Å². The fraction of sp³-hybridized carbons (Fsp3) is 0.500. The molecule has 2 aromatic rings. The SMILES string of the molecule is CCO/C=C1/C[C@H]2[C@@H]3CCc4cc(OCc5ccccc5)ccc4[C@H]3CC[C@]2(C)[C@H]1O. The monoisotopic (exact) mass is 418 g/mol. The van der Waals surface area contributed by atoms with Gasteiger partial charge in [-0.15, -0.1) is 0 Å². The number of aliphatic hydroxyl groups excluding tert-OH is 1. The Morgan fingerprint density at radius 2 is 1.97 bits per heavy atom. The standard InChI is InChI=1S/C28H34O3/c1-3-30-18-21-16-26-25-11-9-20-15-22(31-17-19-7-5-4-6-8-19)10-12-23(20)24(25)13-14-28(26,2)27(21)29/h4-8,10,12,15,18,24-27,29H,3,9,11,13-14,16-17H2,1-2H3/b21-18-/t24-,25-,26+,27+,28+/m1/s1. The quantitative estimate of drug-likeness (QED) is 0.604. The van der Waals surface area contributed by atoms with E-state index in [0.29, 0.717) is 31.0 Å². The molecule has 3 aliphatic carbocycles. The van der Waals surface area contributed by atoms with Gasteiger partial charge in [0.2, 0.25) is 0 Å². The third-order valence-corrected chi connectivity index (χ3v) is 8.22. The van der Waals surface area contributed by atoms with Gasteiger partial charge in [0.1, 0.15) is 12.4 Å². The lowest BCUT2D eigenvalue weighted by Crippen LogP contribution is -2.44. The Kier molecular flexibility index (Phi) is 5.56. The molecule has 1 N–H and O–H groups in total. The molecule has 0 heterocycles. The second-order valence-corrected chi connectivity index (χ2v) is 9.85. The fourth-order valence-electron chi connectivity index (χ4n) is 6.55. The molecule has 0 spiro atoms. The van der Waals surface area contributed by atoms with Crippen LogP contribution in [0.3, 0.4) is 0 Å². The molecule has 164 valence electrons. The van der Waals surface area contributed by atoms with Crippen LogP contribution in [0.4, 0.5) is 0 Å². The summed E-state index contributed by atoms with van der Waals surface area (Å²) in [7, 11) is 0. The topological polar surface area (TPSA) is 38.7 Å². The van der Waals surface area contributed by atoms with Gasteiger partial charge in [0, 0.05) is 5.41 Å². The lowest BCUT2D eigenvalue weighted by atomic mass is 9.55. The Balaban J connectivity index is 1.34. The van der Waals surface area contributed by atoms with Crippen molar-refractivity contribution in [3.63, 3.8) is 0 Å². The molecule has 5 rings (SSSR count). The van der Waals surface area contributed by atoms with Crippen molar-refractivity contribution < 1.29 is 14.6 Å². The molecule has 0 radical (unpaired) electrons. The summed E-state index contributed by atoms with van der Waals surface area (Å²) in [6, 6.07) is 17.1. The van der Waals surface area contributed by atoms with E-state index in [2.05, 4.69) is 49.4 Å². The smallest absolute Gasteiger partial charge is 0.120 e. The minimum absolute atomic E-state index is 0.0136. The maximum atomic E-state index is 11.1. The van der Waals surface area contributed by atoms with Gasteiger partial charge in [-0.1, -0.05) is 43.3 Å². The summed E-state index contributed by atoms with van der Waals surface area (Å²) in [4.78, 5) is 0. The number of fused-ring (bicyclic) bond motifs is 5. The first-order valence-corrected chi connectivity index (χ1v) is 11.9. The summed E-state index contributed by atoms with van der Waals surface area (Å²) < 4.78 is 11.7. The van der Waals surface area contributed by atoms with Gasteiger partial charge in [-0.2, -0.15) is 0 Å². The van der Waals surface area contributed by atoms with Crippen LogP contribution in [0.5, 0.6) is 5.75 Å². The summed E-state index contributed by atoms with van der Waals surface area (Å²) in [5.74, 6) is 2.75. The molecule has 2 saturated carbocycles. The molecular formula is C28H34O3. The number of benzene rings is 2. The van der Waals surface area contributed by atoms with Gasteiger partial charge in [0.15, 0.2) is 0 Å². The highest BCUT2D eigenvalue weighted by molar-refractivity contribution is 5.41. The second kappa shape index (κ2) is 8.35. The molecule has 31 heavy (non-hydrogen) atoms. The molecule has 3 aliphatic rings. The normalized spacial score (nSPS) is 32.8. The van der Waals surface area contributed by atoms with E-state index < -0.39 is 0 Å². The first-order valence-electron chi connectivity index (χ1n) is 11.9. The Labute approximate surface area is 186 Å². The van der Waals surface area contributed by atoms with Gasteiger partial charge in [0.25, 0.3) is 0 Å². The maximum Gasteiger partial charge on any atom is 0.120 e. The van der Waals surface area contributed by atoms with Crippen LogP contribution < -0.4 is 4.74 Å². The zero-order chi connectivity index (χ0) is 21.4. The molecule has 3 heteroatoms. The van der Waals surface area contributed by atoms with Crippen LogP contribution in [0.1, 0.15) is 62.1 Å². The van der Waals surface area contributed by atoms with Crippen LogP contribution in [0.25, 0.3) is 0 Å². The largest absolute Gasteiger partial charge is 0.501 e. The summed E-state index contributed by atoms with van der Waals surface area (Å²) in [5, 5.41) is 11.1. The highest BCUT2D eigenvalue weighted by Crippen LogP contribution is 2.62. The van der Waals surface area contributed by atoms with Crippen LogP contribution in [-0.2, 0) is 17.8 Å². The molecule has 3 nitrogen and oxygen atoms in total. The minimum atomic E-state index is -0.361. The zero-order valence-electron chi connectivity index (χ0n) is 18.7. The molecule has 2 fully saturated rings. The Morgan fingerprint density at radius 1 is 1.13 bits per heavy atom. The van der Waals surface area contributed by atoms with Crippen molar-refractivity contribution in [3.8, 4) is 5.75 Å². The number of aryl methyl sites for hydroxylation is 1. The molecule has 2 aromatic carbocycles. The van der Waals surface area contributed by atoms with Crippen LogP contribution in [0.2, 0.25) is 0 Å².